The summed E-state index contributed by atoms with van der Waals surface area (Å²) >= 11 is 12.9. The first kappa shape index (κ1) is 17.0. The number of hydrogen-bond acceptors (Lipinski definition) is 1. The van der Waals surface area contributed by atoms with E-state index in [4.69, 9.17) is 23.2 Å². The Morgan fingerprint density at radius 1 is 0.960 bits per heavy atom. The zero-order valence-corrected chi connectivity index (χ0v) is 15.7. The Morgan fingerprint density at radius 3 is 2.60 bits per heavy atom. The van der Waals surface area contributed by atoms with Gasteiger partial charge in [0.25, 0.3) is 0 Å². The third-order valence-corrected chi connectivity index (χ3v) is 5.92. The van der Waals surface area contributed by atoms with Crippen LogP contribution in [0.3, 0.4) is 0 Å². The fourth-order valence-corrected chi connectivity index (χ4v) is 4.38. The number of aryl methyl sites for hydroxylation is 2. The van der Waals surface area contributed by atoms with Crippen molar-refractivity contribution in [1.82, 2.24) is 9.88 Å². The molecule has 0 bridgehead atoms. The Morgan fingerprint density at radius 2 is 1.76 bits per heavy atom. The second-order valence-corrected chi connectivity index (χ2v) is 7.46. The van der Waals surface area contributed by atoms with Crippen LogP contribution >= 0.6 is 23.2 Å². The molecule has 0 fully saturated rings. The predicted octanol–water partition coefficient (Wildman–Crippen LogP) is 5.27. The van der Waals surface area contributed by atoms with E-state index in [-0.39, 0.29) is 0 Å². The van der Waals surface area contributed by atoms with Gasteiger partial charge in [-0.3, -0.25) is 0 Å². The molecule has 4 heteroatoms. The average Bonchev–Trinajstić information content (AvgIpc) is 2.78. The zero-order chi connectivity index (χ0) is 17.2. The molecule has 2 aromatic carbocycles. The second kappa shape index (κ2) is 7.41. The van der Waals surface area contributed by atoms with Gasteiger partial charge in [-0.1, -0.05) is 53.5 Å². The highest BCUT2D eigenvalue weighted by atomic mass is 35.5. The maximum absolute atomic E-state index is 6.59. The van der Waals surface area contributed by atoms with Crippen LogP contribution in [0.2, 0.25) is 10.0 Å². The van der Waals surface area contributed by atoms with Crippen molar-refractivity contribution in [2.24, 2.45) is 0 Å². The average molecular weight is 373 g/mol. The number of hydrogen-bond donors (Lipinski definition) is 1. The lowest BCUT2D eigenvalue weighted by Crippen LogP contribution is -2.17. The van der Waals surface area contributed by atoms with Crippen LogP contribution in [0.5, 0.6) is 0 Å². The minimum Gasteiger partial charge on any atom is -0.344 e. The largest absolute Gasteiger partial charge is 0.344 e. The Kier molecular flexibility index (Phi) is 5.03. The number of benzene rings is 2. The van der Waals surface area contributed by atoms with Crippen LogP contribution in [0.1, 0.15) is 23.2 Å². The highest BCUT2D eigenvalue weighted by molar-refractivity contribution is 6.45. The molecule has 0 aliphatic carbocycles. The maximum Gasteiger partial charge on any atom is 0.0689 e. The van der Waals surface area contributed by atoms with Gasteiger partial charge in [-0.2, -0.15) is 0 Å². The molecule has 0 radical (unpaired) electrons. The van der Waals surface area contributed by atoms with E-state index in [0.29, 0.717) is 10.0 Å². The van der Waals surface area contributed by atoms with E-state index in [9.17, 15) is 0 Å². The first-order valence-electron chi connectivity index (χ1n) is 8.98. The highest BCUT2D eigenvalue weighted by Gasteiger charge is 2.21. The minimum atomic E-state index is 0.649. The Hall–Kier alpha value is -1.48. The van der Waals surface area contributed by atoms with Gasteiger partial charge in [0.15, 0.2) is 0 Å². The Balaban J connectivity index is 1.70. The first-order chi connectivity index (χ1) is 12.3. The van der Waals surface area contributed by atoms with Crippen LogP contribution in [-0.2, 0) is 25.8 Å². The Labute approximate surface area is 158 Å². The summed E-state index contributed by atoms with van der Waals surface area (Å²) in [6, 6.07) is 14.8. The van der Waals surface area contributed by atoms with E-state index in [1.165, 1.54) is 22.3 Å². The van der Waals surface area contributed by atoms with Crippen LogP contribution in [0, 0.1) is 0 Å². The van der Waals surface area contributed by atoms with Crippen molar-refractivity contribution in [2.75, 3.05) is 13.1 Å². The molecule has 0 amide bonds. The molecule has 1 aromatic heterocycles. The molecule has 130 valence electrons. The lowest BCUT2D eigenvalue weighted by molar-refractivity contribution is 0.625. The monoisotopic (exact) mass is 372 g/mol. The quantitative estimate of drug-likeness (QED) is 0.659. The van der Waals surface area contributed by atoms with Gasteiger partial charge in [0, 0.05) is 30.6 Å². The molecule has 25 heavy (non-hydrogen) atoms. The molecule has 0 saturated carbocycles. The van der Waals surface area contributed by atoms with Crippen LogP contribution in [0.15, 0.2) is 42.5 Å². The van der Waals surface area contributed by atoms with Gasteiger partial charge >= 0.3 is 0 Å². The van der Waals surface area contributed by atoms with Gasteiger partial charge < -0.3 is 9.88 Å². The van der Waals surface area contributed by atoms with Gasteiger partial charge in [0.1, 0.15) is 0 Å². The summed E-state index contributed by atoms with van der Waals surface area (Å²) < 4.78 is 2.48. The van der Waals surface area contributed by atoms with Gasteiger partial charge in [-0.25, -0.2) is 0 Å². The fourth-order valence-electron chi connectivity index (χ4n) is 3.95. The number of fused-ring (bicyclic) bond motifs is 3. The summed E-state index contributed by atoms with van der Waals surface area (Å²) in [4.78, 5) is 0. The SMILES string of the molecule is Clc1ccc2c(c1Cl)c1c(n2CCCc2ccccc2)CCNCC1. The van der Waals surface area contributed by atoms with Gasteiger partial charge in [-0.15, -0.1) is 0 Å². The number of nitrogens with zero attached hydrogens (tertiary/aromatic N) is 1. The number of nitrogens with one attached hydrogen (secondary N) is 1. The molecule has 2 heterocycles. The molecular weight excluding hydrogens is 351 g/mol. The first-order valence-corrected chi connectivity index (χ1v) is 9.74. The molecular formula is C21H22Cl2N2. The van der Waals surface area contributed by atoms with Crippen molar-refractivity contribution >= 4 is 34.1 Å². The molecule has 2 nitrogen and oxygen atoms in total. The molecule has 1 aliphatic rings. The number of rotatable bonds is 4. The minimum absolute atomic E-state index is 0.649. The molecule has 0 atom stereocenters. The molecule has 0 unspecified atom stereocenters. The van der Waals surface area contributed by atoms with Gasteiger partial charge in [0.2, 0.25) is 0 Å². The summed E-state index contributed by atoms with van der Waals surface area (Å²) in [5.74, 6) is 0. The van der Waals surface area contributed by atoms with Crippen molar-refractivity contribution in [2.45, 2.75) is 32.2 Å². The van der Waals surface area contributed by atoms with E-state index < -0.39 is 0 Å². The molecule has 0 spiro atoms. The summed E-state index contributed by atoms with van der Waals surface area (Å²) in [7, 11) is 0. The fraction of sp³-hybridized carbons (Fsp3) is 0.333. The maximum atomic E-state index is 6.59. The van der Waals surface area contributed by atoms with Gasteiger partial charge in [0.05, 0.1) is 15.6 Å². The Bertz CT molecular complexity index is 884. The van der Waals surface area contributed by atoms with Crippen LogP contribution in [0.25, 0.3) is 10.9 Å². The second-order valence-electron chi connectivity index (χ2n) is 6.67. The molecule has 4 rings (SSSR count). The molecule has 1 N–H and O–H groups in total. The summed E-state index contributed by atoms with van der Waals surface area (Å²) in [5.41, 5.74) is 5.44. The van der Waals surface area contributed by atoms with E-state index in [0.717, 1.165) is 50.7 Å². The smallest absolute Gasteiger partial charge is 0.0689 e. The van der Waals surface area contributed by atoms with Crippen molar-refractivity contribution in [3.63, 3.8) is 0 Å². The summed E-state index contributed by atoms with van der Waals surface area (Å²) in [5, 5.41) is 6.01. The van der Waals surface area contributed by atoms with Gasteiger partial charge in [-0.05, 0) is 49.1 Å². The third kappa shape index (κ3) is 3.31. The summed E-state index contributed by atoms with van der Waals surface area (Å²) in [6.07, 6.45) is 4.27. The van der Waals surface area contributed by atoms with E-state index >= 15 is 0 Å². The van der Waals surface area contributed by atoms with Crippen molar-refractivity contribution in [3.05, 3.63) is 69.3 Å². The van der Waals surface area contributed by atoms with Crippen molar-refractivity contribution in [3.8, 4) is 0 Å². The topological polar surface area (TPSA) is 17.0 Å². The third-order valence-electron chi connectivity index (χ3n) is 5.12. The number of halogens is 2. The zero-order valence-electron chi connectivity index (χ0n) is 14.2. The lowest BCUT2D eigenvalue weighted by atomic mass is 10.1. The normalized spacial score (nSPS) is 14.5. The standard InChI is InChI=1S/C21H22Cl2N2/c22-17-8-9-19-20(21(17)23)16-10-12-24-13-11-18(16)25(19)14-4-7-15-5-2-1-3-6-15/h1-3,5-6,8-9,24H,4,7,10-14H2. The summed E-state index contributed by atoms with van der Waals surface area (Å²) in [6.45, 7) is 3.03. The predicted molar refractivity (Wildman–Crippen MR) is 107 cm³/mol. The van der Waals surface area contributed by atoms with E-state index in [2.05, 4.69) is 46.3 Å². The van der Waals surface area contributed by atoms with E-state index in [1.807, 2.05) is 6.07 Å². The van der Waals surface area contributed by atoms with E-state index in [1.54, 1.807) is 0 Å². The molecule has 0 saturated heterocycles. The highest BCUT2D eigenvalue weighted by Crippen LogP contribution is 2.37. The lowest BCUT2D eigenvalue weighted by Gasteiger charge is -2.11. The van der Waals surface area contributed by atoms with Crippen LogP contribution in [-0.4, -0.2) is 17.7 Å². The van der Waals surface area contributed by atoms with Crippen molar-refractivity contribution < 1.29 is 0 Å². The number of aromatic nitrogens is 1. The van der Waals surface area contributed by atoms with Crippen molar-refractivity contribution in [1.29, 1.82) is 0 Å². The molecule has 1 aliphatic heterocycles. The molecule has 3 aromatic rings. The van der Waals surface area contributed by atoms with Crippen LogP contribution < -0.4 is 5.32 Å². The van der Waals surface area contributed by atoms with Crippen LogP contribution in [0.4, 0.5) is 0 Å².